The summed E-state index contributed by atoms with van der Waals surface area (Å²) in [6.07, 6.45) is 66.3. The van der Waals surface area contributed by atoms with Crippen molar-refractivity contribution in [2.75, 3.05) is 13.2 Å². The van der Waals surface area contributed by atoms with Crippen LogP contribution in [0.4, 0.5) is 0 Å². The first-order chi connectivity index (χ1) is 33.5. The SMILES string of the molecule is CCCCCCCC/C=C\CCCCCCCCCC(=O)OC(COC(=O)CCCCCCCCCCCCCCCCC)COC(=O)CCCCCCCCCCCCCCCCCCCC. The van der Waals surface area contributed by atoms with Gasteiger partial charge >= 0.3 is 17.9 Å². The second-order valence-corrected chi connectivity index (χ2v) is 21.0. The van der Waals surface area contributed by atoms with Crippen LogP contribution in [0, 0.1) is 0 Å². The molecule has 0 bridgehead atoms. The van der Waals surface area contributed by atoms with Crippen LogP contribution in [0.15, 0.2) is 12.2 Å². The predicted octanol–water partition coefficient (Wildman–Crippen LogP) is 20.5. The molecule has 402 valence electrons. The van der Waals surface area contributed by atoms with Crippen molar-refractivity contribution in [2.24, 2.45) is 0 Å². The summed E-state index contributed by atoms with van der Waals surface area (Å²) in [5.41, 5.74) is 0. The highest BCUT2D eigenvalue weighted by molar-refractivity contribution is 5.71. The van der Waals surface area contributed by atoms with Crippen molar-refractivity contribution in [1.29, 1.82) is 0 Å². The van der Waals surface area contributed by atoms with E-state index >= 15 is 0 Å². The Morgan fingerprint density at radius 3 is 0.735 bits per heavy atom. The molecule has 0 aliphatic heterocycles. The minimum Gasteiger partial charge on any atom is -0.462 e. The summed E-state index contributed by atoms with van der Waals surface area (Å²) < 4.78 is 16.9. The van der Waals surface area contributed by atoms with Gasteiger partial charge in [-0.1, -0.05) is 296 Å². The van der Waals surface area contributed by atoms with Crippen molar-refractivity contribution in [3.63, 3.8) is 0 Å². The summed E-state index contributed by atoms with van der Waals surface area (Å²) >= 11 is 0. The van der Waals surface area contributed by atoms with Crippen LogP contribution in [0.5, 0.6) is 0 Å². The van der Waals surface area contributed by atoms with Crippen LogP contribution in [0.3, 0.4) is 0 Å². The molecule has 6 heteroatoms. The maximum atomic E-state index is 12.9. The summed E-state index contributed by atoms with van der Waals surface area (Å²) in [7, 11) is 0. The third-order valence-electron chi connectivity index (χ3n) is 14.0. The molecule has 0 aromatic carbocycles. The highest BCUT2D eigenvalue weighted by Gasteiger charge is 2.19. The van der Waals surface area contributed by atoms with Gasteiger partial charge in [0, 0.05) is 19.3 Å². The fourth-order valence-corrected chi connectivity index (χ4v) is 9.38. The molecule has 68 heavy (non-hydrogen) atoms. The number of carbonyl (C=O) groups excluding carboxylic acids is 3. The van der Waals surface area contributed by atoms with Crippen molar-refractivity contribution in [3.8, 4) is 0 Å². The molecular formula is C62H118O6. The number of hydrogen-bond acceptors (Lipinski definition) is 6. The maximum Gasteiger partial charge on any atom is 0.306 e. The van der Waals surface area contributed by atoms with Crippen molar-refractivity contribution in [1.82, 2.24) is 0 Å². The summed E-state index contributed by atoms with van der Waals surface area (Å²) in [6, 6.07) is 0. The lowest BCUT2D eigenvalue weighted by molar-refractivity contribution is -0.167. The fourth-order valence-electron chi connectivity index (χ4n) is 9.38. The molecule has 0 radical (unpaired) electrons. The van der Waals surface area contributed by atoms with Gasteiger partial charge in [0.2, 0.25) is 0 Å². The molecule has 1 atom stereocenters. The third-order valence-corrected chi connectivity index (χ3v) is 14.0. The lowest BCUT2D eigenvalue weighted by Crippen LogP contribution is -2.30. The second-order valence-electron chi connectivity index (χ2n) is 21.0. The predicted molar refractivity (Wildman–Crippen MR) is 293 cm³/mol. The summed E-state index contributed by atoms with van der Waals surface area (Å²) in [4.78, 5) is 38.2. The minimum atomic E-state index is -0.767. The zero-order valence-electron chi connectivity index (χ0n) is 46.2. The van der Waals surface area contributed by atoms with E-state index in [2.05, 4.69) is 32.9 Å². The quantitative estimate of drug-likeness (QED) is 0.0262. The van der Waals surface area contributed by atoms with Gasteiger partial charge in [-0.15, -0.1) is 0 Å². The summed E-state index contributed by atoms with van der Waals surface area (Å²) in [5.74, 6) is -0.841. The average Bonchev–Trinajstić information content (AvgIpc) is 3.34. The van der Waals surface area contributed by atoms with Crippen molar-refractivity contribution >= 4 is 17.9 Å². The van der Waals surface area contributed by atoms with Gasteiger partial charge in [-0.25, -0.2) is 0 Å². The number of hydrogen-bond donors (Lipinski definition) is 0. The van der Waals surface area contributed by atoms with E-state index in [1.54, 1.807) is 0 Å². The number of ether oxygens (including phenoxy) is 3. The molecule has 0 amide bonds. The van der Waals surface area contributed by atoms with Crippen LogP contribution in [-0.4, -0.2) is 37.2 Å². The molecule has 0 aliphatic rings. The van der Waals surface area contributed by atoms with Gasteiger partial charge in [-0.3, -0.25) is 14.4 Å². The van der Waals surface area contributed by atoms with E-state index < -0.39 is 6.10 Å². The molecule has 0 aliphatic carbocycles. The molecule has 0 N–H and O–H groups in total. The molecule has 0 heterocycles. The Labute approximate surface area is 424 Å². The molecule has 0 spiro atoms. The van der Waals surface area contributed by atoms with Gasteiger partial charge in [0.25, 0.3) is 0 Å². The Hall–Kier alpha value is -1.85. The molecule has 0 aromatic rings. The largest absolute Gasteiger partial charge is 0.462 e. The summed E-state index contributed by atoms with van der Waals surface area (Å²) in [6.45, 7) is 6.70. The van der Waals surface area contributed by atoms with Gasteiger partial charge in [0.1, 0.15) is 13.2 Å². The Kier molecular flexibility index (Phi) is 56.2. The monoisotopic (exact) mass is 959 g/mol. The first-order valence-corrected chi connectivity index (χ1v) is 30.7. The van der Waals surface area contributed by atoms with Crippen LogP contribution in [-0.2, 0) is 28.6 Å². The van der Waals surface area contributed by atoms with Crippen LogP contribution in [0.25, 0.3) is 0 Å². The molecular weight excluding hydrogens is 841 g/mol. The Morgan fingerprint density at radius 2 is 0.485 bits per heavy atom. The number of allylic oxidation sites excluding steroid dienone is 2. The first-order valence-electron chi connectivity index (χ1n) is 30.7. The number of unbranched alkanes of at least 4 members (excludes halogenated alkanes) is 44. The number of carbonyl (C=O) groups is 3. The Balaban J connectivity index is 4.31. The van der Waals surface area contributed by atoms with E-state index in [1.807, 2.05) is 0 Å². The molecule has 0 rings (SSSR count). The van der Waals surface area contributed by atoms with Gasteiger partial charge in [-0.2, -0.15) is 0 Å². The molecule has 0 saturated heterocycles. The standard InChI is InChI=1S/C62H118O6/c1-4-7-10-13-16-19-22-25-28-30-32-34-37-40-43-46-49-52-55-61(64)67-58-59(57-66-60(63)54-51-48-45-42-39-36-33-27-24-21-18-15-12-9-6-3)68-62(65)56-53-50-47-44-41-38-35-31-29-26-23-20-17-14-11-8-5-2/h26,29,59H,4-25,27-28,30-58H2,1-3H3/b29-26-. The van der Waals surface area contributed by atoms with Crippen LogP contribution in [0.2, 0.25) is 0 Å². The van der Waals surface area contributed by atoms with E-state index in [0.717, 1.165) is 57.8 Å². The van der Waals surface area contributed by atoms with Gasteiger partial charge in [-0.05, 0) is 44.9 Å². The van der Waals surface area contributed by atoms with E-state index in [-0.39, 0.29) is 31.1 Å². The van der Waals surface area contributed by atoms with Crippen molar-refractivity contribution in [2.45, 2.75) is 354 Å². The van der Waals surface area contributed by atoms with E-state index in [1.165, 1.54) is 250 Å². The van der Waals surface area contributed by atoms with Gasteiger partial charge in [0.15, 0.2) is 6.10 Å². The zero-order valence-corrected chi connectivity index (χ0v) is 46.2. The molecule has 0 saturated carbocycles. The lowest BCUT2D eigenvalue weighted by Gasteiger charge is -2.18. The van der Waals surface area contributed by atoms with E-state index in [0.29, 0.717) is 19.3 Å². The highest BCUT2D eigenvalue weighted by atomic mass is 16.6. The normalized spacial score (nSPS) is 12.0. The summed E-state index contributed by atoms with van der Waals surface area (Å²) in [5, 5.41) is 0. The lowest BCUT2D eigenvalue weighted by atomic mass is 10.0. The number of esters is 3. The Morgan fingerprint density at radius 1 is 0.279 bits per heavy atom. The van der Waals surface area contributed by atoms with Crippen LogP contribution in [0.1, 0.15) is 348 Å². The van der Waals surface area contributed by atoms with Crippen LogP contribution < -0.4 is 0 Å². The maximum absolute atomic E-state index is 12.9. The smallest absolute Gasteiger partial charge is 0.306 e. The second kappa shape index (κ2) is 57.7. The van der Waals surface area contributed by atoms with Crippen molar-refractivity contribution in [3.05, 3.63) is 12.2 Å². The molecule has 6 nitrogen and oxygen atoms in total. The van der Waals surface area contributed by atoms with E-state index in [9.17, 15) is 14.4 Å². The van der Waals surface area contributed by atoms with Crippen LogP contribution >= 0.6 is 0 Å². The average molecular weight is 960 g/mol. The van der Waals surface area contributed by atoms with Gasteiger partial charge in [0.05, 0.1) is 0 Å². The topological polar surface area (TPSA) is 78.9 Å². The van der Waals surface area contributed by atoms with Gasteiger partial charge < -0.3 is 14.2 Å². The fraction of sp³-hybridized carbons (Fsp3) is 0.919. The Bertz CT molecular complexity index is 1060. The first kappa shape index (κ1) is 66.2. The van der Waals surface area contributed by atoms with Crippen molar-refractivity contribution < 1.29 is 28.6 Å². The molecule has 0 fully saturated rings. The van der Waals surface area contributed by atoms with E-state index in [4.69, 9.17) is 14.2 Å². The molecule has 0 aromatic heterocycles. The zero-order chi connectivity index (χ0) is 49.3. The molecule has 1 unspecified atom stereocenters. The number of rotatable bonds is 57. The highest BCUT2D eigenvalue weighted by Crippen LogP contribution is 2.18. The minimum absolute atomic E-state index is 0.0654. The third kappa shape index (κ3) is 55.1.